The number of hydrogen-bond donors (Lipinski definition) is 2. The highest BCUT2D eigenvalue weighted by Crippen LogP contribution is 2.27. The standard InChI is InChI=1S/C19H26N8O/c1-14(2)27-18-16(25-19(27)24-15-5-3-4-6-20-15)17(22-13-23-18)21-7-8-26-9-11-28-12-10-26/h3-6,13-14H,7-12H2,1-2H3,(H,20,24,25)(H,21,22,23). The van der Waals surface area contributed by atoms with Crippen molar-refractivity contribution in [2.45, 2.75) is 19.9 Å². The van der Waals surface area contributed by atoms with E-state index in [1.165, 1.54) is 0 Å². The maximum Gasteiger partial charge on any atom is 0.211 e. The van der Waals surface area contributed by atoms with Gasteiger partial charge in [0.2, 0.25) is 5.95 Å². The van der Waals surface area contributed by atoms with Gasteiger partial charge in [-0.25, -0.2) is 19.9 Å². The minimum atomic E-state index is 0.187. The molecule has 4 rings (SSSR count). The van der Waals surface area contributed by atoms with Crippen LogP contribution in [0.3, 0.4) is 0 Å². The first-order chi connectivity index (χ1) is 13.7. The lowest BCUT2D eigenvalue weighted by Crippen LogP contribution is -2.39. The van der Waals surface area contributed by atoms with Crippen LogP contribution in [0.1, 0.15) is 19.9 Å². The fourth-order valence-electron chi connectivity index (χ4n) is 3.32. The molecule has 4 heterocycles. The van der Waals surface area contributed by atoms with Crippen LogP contribution < -0.4 is 10.6 Å². The van der Waals surface area contributed by atoms with Crippen LogP contribution in [-0.4, -0.2) is 68.8 Å². The first-order valence-electron chi connectivity index (χ1n) is 9.67. The number of hydrogen-bond acceptors (Lipinski definition) is 8. The fraction of sp³-hybridized carbons (Fsp3) is 0.474. The number of morpholine rings is 1. The summed E-state index contributed by atoms with van der Waals surface area (Å²) in [5.74, 6) is 2.21. The van der Waals surface area contributed by atoms with Crippen molar-refractivity contribution in [3.8, 4) is 0 Å². The Bertz CT molecular complexity index is 905. The molecule has 0 saturated carbocycles. The Balaban J connectivity index is 1.57. The molecule has 3 aromatic rings. The van der Waals surface area contributed by atoms with Crippen molar-refractivity contribution < 1.29 is 4.74 Å². The van der Waals surface area contributed by atoms with Crippen molar-refractivity contribution in [1.29, 1.82) is 0 Å². The van der Waals surface area contributed by atoms with Gasteiger partial charge in [-0.3, -0.25) is 9.47 Å². The molecule has 0 atom stereocenters. The van der Waals surface area contributed by atoms with E-state index >= 15 is 0 Å². The van der Waals surface area contributed by atoms with Crippen molar-refractivity contribution in [1.82, 2.24) is 29.4 Å². The summed E-state index contributed by atoms with van der Waals surface area (Å²) in [6, 6.07) is 5.93. The molecule has 1 fully saturated rings. The summed E-state index contributed by atoms with van der Waals surface area (Å²) < 4.78 is 7.47. The molecule has 148 valence electrons. The van der Waals surface area contributed by atoms with Gasteiger partial charge in [0.25, 0.3) is 0 Å². The number of ether oxygens (including phenoxy) is 1. The largest absolute Gasteiger partial charge is 0.379 e. The van der Waals surface area contributed by atoms with Gasteiger partial charge in [0.05, 0.1) is 13.2 Å². The van der Waals surface area contributed by atoms with Crippen molar-refractivity contribution in [3.63, 3.8) is 0 Å². The Morgan fingerprint density at radius 3 is 2.75 bits per heavy atom. The van der Waals surface area contributed by atoms with Gasteiger partial charge in [-0.15, -0.1) is 0 Å². The molecule has 1 aliphatic rings. The van der Waals surface area contributed by atoms with Crippen LogP contribution in [-0.2, 0) is 4.74 Å². The van der Waals surface area contributed by atoms with Crippen LogP contribution in [0.25, 0.3) is 11.2 Å². The molecular formula is C19H26N8O. The first kappa shape index (κ1) is 18.6. The van der Waals surface area contributed by atoms with E-state index in [4.69, 9.17) is 9.72 Å². The minimum Gasteiger partial charge on any atom is -0.379 e. The number of nitrogens with zero attached hydrogens (tertiary/aromatic N) is 6. The maximum absolute atomic E-state index is 5.40. The van der Waals surface area contributed by atoms with Gasteiger partial charge >= 0.3 is 0 Å². The van der Waals surface area contributed by atoms with Crippen LogP contribution >= 0.6 is 0 Å². The zero-order valence-electron chi connectivity index (χ0n) is 16.3. The monoisotopic (exact) mass is 382 g/mol. The third-order valence-corrected chi connectivity index (χ3v) is 4.72. The van der Waals surface area contributed by atoms with Gasteiger partial charge in [0.15, 0.2) is 17.0 Å². The van der Waals surface area contributed by atoms with Gasteiger partial charge < -0.3 is 15.4 Å². The van der Waals surface area contributed by atoms with Crippen molar-refractivity contribution >= 4 is 28.7 Å². The maximum atomic E-state index is 5.40. The number of nitrogens with one attached hydrogen (secondary N) is 2. The second-order valence-electron chi connectivity index (χ2n) is 7.01. The molecule has 9 heteroatoms. The molecule has 0 aliphatic carbocycles. The molecule has 2 N–H and O–H groups in total. The Labute approximate surface area is 164 Å². The topological polar surface area (TPSA) is 93.0 Å². The average Bonchev–Trinajstić information content (AvgIpc) is 3.08. The molecule has 1 saturated heterocycles. The second kappa shape index (κ2) is 8.49. The fourth-order valence-corrected chi connectivity index (χ4v) is 3.32. The minimum absolute atomic E-state index is 0.187. The first-order valence-corrected chi connectivity index (χ1v) is 9.67. The number of aromatic nitrogens is 5. The molecule has 0 bridgehead atoms. The highest BCUT2D eigenvalue weighted by atomic mass is 16.5. The van der Waals surface area contributed by atoms with Crippen LogP contribution in [0.15, 0.2) is 30.7 Å². The molecule has 0 aromatic carbocycles. The van der Waals surface area contributed by atoms with Gasteiger partial charge in [0, 0.05) is 38.4 Å². The van der Waals surface area contributed by atoms with E-state index in [0.717, 1.165) is 62.2 Å². The number of imidazole rings is 1. The molecule has 9 nitrogen and oxygen atoms in total. The zero-order valence-corrected chi connectivity index (χ0v) is 16.3. The number of rotatable bonds is 7. The van der Waals surface area contributed by atoms with Crippen LogP contribution in [0.2, 0.25) is 0 Å². The summed E-state index contributed by atoms with van der Waals surface area (Å²) in [6.07, 6.45) is 3.34. The third kappa shape index (κ3) is 4.05. The normalized spacial score (nSPS) is 15.2. The molecule has 0 spiro atoms. The summed E-state index contributed by atoms with van der Waals surface area (Å²) in [4.78, 5) is 20.4. The summed E-state index contributed by atoms with van der Waals surface area (Å²) in [5, 5.41) is 6.73. The SMILES string of the molecule is CC(C)n1c(Nc2ccccn2)nc2c(NCCN3CCOCC3)ncnc21. The van der Waals surface area contributed by atoms with Gasteiger partial charge in [-0.05, 0) is 26.0 Å². The quantitative estimate of drug-likeness (QED) is 0.643. The van der Waals surface area contributed by atoms with Crippen molar-refractivity contribution in [2.75, 3.05) is 50.0 Å². The van der Waals surface area contributed by atoms with Gasteiger partial charge in [-0.2, -0.15) is 0 Å². The number of pyridine rings is 1. The van der Waals surface area contributed by atoms with E-state index in [0.29, 0.717) is 5.95 Å². The highest BCUT2D eigenvalue weighted by molar-refractivity contribution is 5.85. The Hall–Kier alpha value is -2.78. The van der Waals surface area contributed by atoms with E-state index in [1.54, 1.807) is 12.5 Å². The highest BCUT2D eigenvalue weighted by Gasteiger charge is 2.18. The number of fused-ring (bicyclic) bond motifs is 1. The van der Waals surface area contributed by atoms with Crippen molar-refractivity contribution in [3.05, 3.63) is 30.7 Å². The molecule has 3 aromatic heterocycles. The summed E-state index contributed by atoms with van der Waals surface area (Å²) in [5.41, 5.74) is 1.56. The second-order valence-corrected chi connectivity index (χ2v) is 7.01. The van der Waals surface area contributed by atoms with E-state index in [2.05, 4.69) is 48.9 Å². The lowest BCUT2D eigenvalue weighted by molar-refractivity contribution is 0.0398. The van der Waals surface area contributed by atoms with Crippen molar-refractivity contribution in [2.24, 2.45) is 0 Å². The molecule has 0 unspecified atom stereocenters. The lowest BCUT2D eigenvalue weighted by Gasteiger charge is -2.26. The smallest absolute Gasteiger partial charge is 0.211 e. The summed E-state index contributed by atoms with van der Waals surface area (Å²) in [6.45, 7) is 9.51. The lowest BCUT2D eigenvalue weighted by atomic mass is 10.3. The van der Waals surface area contributed by atoms with E-state index in [-0.39, 0.29) is 6.04 Å². The van der Waals surface area contributed by atoms with E-state index in [1.807, 2.05) is 18.2 Å². The predicted octanol–water partition coefficient (Wildman–Crippen LogP) is 2.29. The van der Waals surface area contributed by atoms with Crippen LogP contribution in [0, 0.1) is 0 Å². The molecule has 1 aliphatic heterocycles. The van der Waals surface area contributed by atoms with Gasteiger partial charge in [-0.1, -0.05) is 6.07 Å². The van der Waals surface area contributed by atoms with Crippen LogP contribution in [0.4, 0.5) is 17.6 Å². The van der Waals surface area contributed by atoms with E-state index in [9.17, 15) is 0 Å². The van der Waals surface area contributed by atoms with Crippen LogP contribution in [0.5, 0.6) is 0 Å². The predicted molar refractivity (Wildman–Crippen MR) is 109 cm³/mol. The third-order valence-electron chi connectivity index (χ3n) is 4.72. The summed E-state index contributed by atoms with van der Waals surface area (Å²) in [7, 11) is 0. The average molecular weight is 382 g/mol. The zero-order chi connectivity index (χ0) is 19.3. The molecule has 28 heavy (non-hydrogen) atoms. The Kier molecular flexibility index (Phi) is 5.63. The Morgan fingerprint density at radius 2 is 2.00 bits per heavy atom. The molecular weight excluding hydrogens is 356 g/mol. The van der Waals surface area contributed by atoms with E-state index < -0.39 is 0 Å². The number of anilines is 3. The van der Waals surface area contributed by atoms with Gasteiger partial charge in [0.1, 0.15) is 12.1 Å². The molecule has 0 amide bonds. The summed E-state index contributed by atoms with van der Waals surface area (Å²) >= 11 is 0. The Morgan fingerprint density at radius 1 is 1.14 bits per heavy atom. The molecule has 0 radical (unpaired) electrons.